The maximum atomic E-state index is 12.7. The van der Waals surface area contributed by atoms with Crippen molar-refractivity contribution in [3.63, 3.8) is 0 Å². The number of ketones is 1. The van der Waals surface area contributed by atoms with Crippen LogP contribution >= 0.6 is 11.3 Å². The molecule has 1 aromatic carbocycles. The van der Waals surface area contributed by atoms with Crippen LogP contribution in [-0.2, 0) is 19.6 Å². The van der Waals surface area contributed by atoms with Gasteiger partial charge in [0.25, 0.3) is 0 Å². The lowest BCUT2D eigenvalue weighted by molar-refractivity contribution is 0.0994. The number of carbonyl (C=O) groups is 1. The van der Waals surface area contributed by atoms with E-state index in [1.54, 1.807) is 6.20 Å². The number of rotatable bonds is 6. The predicted octanol–water partition coefficient (Wildman–Crippen LogP) is 3.43. The van der Waals surface area contributed by atoms with Crippen molar-refractivity contribution in [2.45, 2.75) is 32.4 Å². The third-order valence-corrected chi connectivity index (χ3v) is 5.16. The summed E-state index contributed by atoms with van der Waals surface area (Å²) in [7, 11) is 0. The standard InChI is InChI=1S/C18H18N2O2S/c21-11-13-3-4-14-15(17(22)8-18-19-5-6-23-18)10-20(16(14)7-13)9-12-1-2-12/h3-7,10,12,21H,1-2,8-9,11H2. The molecule has 0 saturated heterocycles. The summed E-state index contributed by atoms with van der Waals surface area (Å²) in [6.07, 6.45) is 6.60. The van der Waals surface area contributed by atoms with Crippen molar-refractivity contribution < 1.29 is 9.90 Å². The maximum Gasteiger partial charge on any atom is 0.171 e. The Morgan fingerprint density at radius 2 is 2.26 bits per heavy atom. The molecule has 1 aliphatic carbocycles. The lowest BCUT2D eigenvalue weighted by Gasteiger charge is -2.04. The van der Waals surface area contributed by atoms with Crippen LogP contribution < -0.4 is 0 Å². The van der Waals surface area contributed by atoms with Crippen LogP contribution in [0, 0.1) is 5.92 Å². The molecule has 23 heavy (non-hydrogen) atoms. The molecule has 4 nitrogen and oxygen atoms in total. The number of benzene rings is 1. The highest BCUT2D eigenvalue weighted by atomic mass is 32.1. The zero-order valence-corrected chi connectivity index (χ0v) is 13.6. The van der Waals surface area contributed by atoms with Crippen LogP contribution in [-0.4, -0.2) is 20.4 Å². The lowest BCUT2D eigenvalue weighted by atomic mass is 10.1. The van der Waals surface area contributed by atoms with E-state index in [2.05, 4.69) is 9.55 Å². The van der Waals surface area contributed by atoms with Crippen molar-refractivity contribution in [2.75, 3.05) is 0 Å². The first-order valence-electron chi connectivity index (χ1n) is 7.89. The molecule has 118 valence electrons. The SMILES string of the molecule is O=C(Cc1nccs1)c1cn(CC2CC2)c2cc(CO)ccc12. The number of nitrogens with zero attached hydrogens (tertiary/aromatic N) is 2. The first kappa shape index (κ1) is 14.6. The molecule has 0 amide bonds. The lowest BCUT2D eigenvalue weighted by Crippen LogP contribution is -2.03. The second-order valence-electron chi connectivity index (χ2n) is 6.17. The van der Waals surface area contributed by atoms with Gasteiger partial charge in [0.1, 0.15) is 5.01 Å². The van der Waals surface area contributed by atoms with Gasteiger partial charge >= 0.3 is 0 Å². The van der Waals surface area contributed by atoms with Gasteiger partial charge in [0, 0.05) is 40.8 Å². The number of hydrogen-bond acceptors (Lipinski definition) is 4. The third-order valence-electron chi connectivity index (χ3n) is 4.38. The van der Waals surface area contributed by atoms with E-state index in [1.807, 2.05) is 29.8 Å². The first-order chi connectivity index (χ1) is 11.2. The summed E-state index contributed by atoms with van der Waals surface area (Å²) in [4.78, 5) is 16.9. The van der Waals surface area contributed by atoms with E-state index in [0.29, 0.717) is 6.42 Å². The van der Waals surface area contributed by atoms with Gasteiger partial charge in [0.15, 0.2) is 5.78 Å². The van der Waals surface area contributed by atoms with E-state index in [-0.39, 0.29) is 12.4 Å². The van der Waals surface area contributed by atoms with Crippen LogP contribution in [0.5, 0.6) is 0 Å². The number of aliphatic hydroxyl groups excluding tert-OH is 1. The Hall–Kier alpha value is -1.98. The minimum absolute atomic E-state index is 0.0208. The summed E-state index contributed by atoms with van der Waals surface area (Å²) in [6, 6.07) is 5.85. The highest BCUT2D eigenvalue weighted by Crippen LogP contribution is 2.33. The normalized spacial score (nSPS) is 14.5. The first-order valence-corrected chi connectivity index (χ1v) is 8.77. The highest BCUT2D eigenvalue weighted by Gasteiger charge is 2.24. The molecule has 0 atom stereocenters. The largest absolute Gasteiger partial charge is 0.392 e. The summed E-state index contributed by atoms with van der Waals surface area (Å²) >= 11 is 1.51. The van der Waals surface area contributed by atoms with Crippen LogP contribution in [0.15, 0.2) is 36.0 Å². The second-order valence-corrected chi connectivity index (χ2v) is 7.15. The van der Waals surface area contributed by atoms with Gasteiger partial charge in [-0.15, -0.1) is 11.3 Å². The van der Waals surface area contributed by atoms with E-state index in [1.165, 1.54) is 24.2 Å². The van der Waals surface area contributed by atoms with Crippen LogP contribution in [0.1, 0.15) is 33.8 Å². The molecule has 3 aromatic rings. The zero-order chi connectivity index (χ0) is 15.8. The summed E-state index contributed by atoms with van der Waals surface area (Å²) in [5, 5.41) is 13.1. The fourth-order valence-electron chi connectivity index (χ4n) is 2.96. The minimum atomic E-state index is 0.0208. The molecule has 0 radical (unpaired) electrons. The molecule has 0 spiro atoms. The van der Waals surface area contributed by atoms with E-state index in [9.17, 15) is 9.90 Å². The Kier molecular flexibility index (Phi) is 3.75. The van der Waals surface area contributed by atoms with Crippen molar-refractivity contribution in [1.29, 1.82) is 0 Å². The average Bonchev–Trinajstić information content (AvgIpc) is 3.09. The van der Waals surface area contributed by atoms with Gasteiger partial charge in [0.05, 0.1) is 13.0 Å². The molecule has 4 rings (SSSR count). The van der Waals surface area contributed by atoms with Crippen molar-refractivity contribution in [3.05, 3.63) is 52.1 Å². The third kappa shape index (κ3) is 2.94. The fraction of sp³-hybridized carbons (Fsp3) is 0.333. The van der Waals surface area contributed by atoms with Gasteiger partial charge in [-0.3, -0.25) is 4.79 Å². The van der Waals surface area contributed by atoms with Gasteiger partial charge in [-0.1, -0.05) is 12.1 Å². The number of aliphatic hydroxyl groups is 1. The van der Waals surface area contributed by atoms with E-state index < -0.39 is 0 Å². The van der Waals surface area contributed by atoms with Gasteiger partial charge in [-0.05, 0) is 30.4 Å². The summed E-state index contributed by atoms with van der Waals surface area (Å²) in [6.45, 7) is 0.975. The average molecular weight is 326 g/mol. The molecular weight excluding hydrogens is 308 g/mol. The van der Waals surface area contributed by atoms with Gasteiger partial charge in [-0.25, -0.2) is 4.98 Å². The molecule has 0 aliphatic heterocycles. The van der Waals surface area contributed by atoms with Crippen molar-refractivity contribution in [3.8, 4) is 0 Å². The Bertz CT molecular complexity index is 847. The van der Waals surface area contributed by atoms with E-state index in [4.69, 9.17) is 0 Å². The monoisotopic (exact) mass is 326 g/mol. The summed E-state index contributed by atoms with van der Waals surface area (Å²) in [5.74, 6) is 0.835. The number of thiazole rings is 1. The molecule has 1 N–H and O–H groups in total. The Balaban J connectivity index is 1.74. The van der Waals surface area contributed by atoms with E-state index in [0.717, 1.165) is 39.5 Å². The second kappa shape index (κ2) is 5.91. The summed E-state index contributed by atoms with van der Waals surface area (Å²) in [5.41, 5.74) is 2.69. The summed E-state index contributed by atoms with van der Waals surface area (Å²) < 4.78 is 2.18. The minimum Gasteiger partial charge on any atom is -0.392 e. The Morgan fingerprint density at radius 3 is 2.96 bits per heavy atom. The molecular formula is C18H18N2O2S. The Morgan fingerprint density at radius 1 is 1.39 bits per heavy atom. The number of hydrogen-bond donors (Lipinski definition) is 1. The number of aromatic nitrogens is 2. The molecule has 0 unspecified atom stereocenters. The van der Waals surface area contributed by atoms with Crippen LogP contribution in [0.4, 0.5) is 0 Å². The topological polar surface area (TPSA) is 55.1 Å². The number of fused-ring (bicyclic) bond motifs is 1. The number of Topliss-reactive ketones (excluding diaryl/α,β-unsaturated/α-hetero) is 1. The maximum absolute atomic E-state index is 12.7. The molecule has 1 fully saturated rings. The van der Waals surface area contributed by atoms with Crippen LogP contribution in [0.25, 0.3) is 10.9 Å². The van der Waals surface area contributed by atoms with Gasteiger partial charge in [0.2, 0.25) is 0 Å². The quantitative estimate of drug-likeness (QED) is 0.706. The highest BCUT2D eigenvalue weighted by molar-refractivity contribution is 7.09. The van der Waals surface area contributed by atoms with Crippen molar-refractivity contribution in [2.24, 2.45) is 5.92 Å². The van der Waals surface area contributed by atoms with Crippen LogP contribution in [0.2, 0.25) is 0 Å². The molecule has 1 aliphatic rings. The smallest absolute Gasteiger partial charge is 0.171 e. The van der Waals surface area contributed by atoms with Crippen molar-refractivity contribution in [1.82, 2.24) is 9.55 Å². The predicted molar refractivity (Wildman–Crippen MR) is 90.7 cm³/mol. The number of carbonyl (C=O) groups excluding carboxylic acids is 1. The molecule has 2 aromatic heterocycles. The molecule has 5 heteroatoms. The molecule has 0 bridgehead atoms. The van der Waals surface area contributed by atoms with Gasteiger partial charge in [-0.2, -0.15) is 0 Å². The molecule has 1 saturated carbocycles. The van der Waals surface area contributed by atoms with Crippen molar-refractivity contribution >= 4 is 28.0 Å². The fourth-order valence-corrected chi connectivity index (χ4v) is 3.58. The zero-order valence-electron chi connectivity index (χ0n) is 12.7. The van der Waals surface area contributed by atoms with Crippen LogP contribution in [0.3, 0.4) is 0 Å². The molecule has 2 heterocycles. The van der Waals surface area contributed by atoms with Gasteiger partial charge < -0.3 is 9.67 Å². The Labute approximate surface area is 138 Å². The van der Waals surface area contributed by atoms with E-state index >= 15 is 0 Å².